The van der Waals surface area contributed by atoms with E-state index >= 15 is 0 Å². The first-order chi connectivity index (χ1) is 10.2. The molecule has 0 spiro atoms. The molecule has 0 heterocycles. The van der Waals surface area contributed by atoms with Crippen LogP contribution in [0.4, 0.5) is 0 Å². The maximum absolute atomic E-state index is 2.59. The predicted molar refractivity (Wildman–Crippen MR) is 94.4 cm³/mol. The maximum Gasteiger partial charge on any atom is 4.00 e. The number of aryl methyl sites for hydroxylation is 3. The summed E-state index contributed by atoms with van der Waals surface area (Å²) in [5, 5.41) is 3.44. The summed E-state index contributed by atoms with van der Waals surface area (Å²) in [6, 6.07) is 7.72. The number of rotatable bonds is 2. The molecule has 1 atom stereocenters. The van der Waals surface area contributed by atoms with E-state index in [0.29, 0.717) is 0 Å². The van der Waals surface area contributed by atoms with Gasteiger partial charge in [-0.15, -0.1) is 0 Å². The van der Waals surface area contributed by atoms with E-state index in [1.54, 1.807) is 38.2 Å². The molecule has 0 N–H and O–H groups in total. The van der Waals surface area contributed by atoms with Gasteiger partial charge in [-0.3, -0.25) is 0 Å². The minimum Gasteiger partial charge on any atom is -1.00 e. The summed E-state index contributed by atoms with van der Waals surface area (Å²) in [4.78, 5) is 0. The molecule has 24 heavy (non-hydrogen) atoms. The molecular weight excluding hydrogens is 607 g/mol. The summed E-state index contributed by atoms with van der Waals surface area (Å²) < 4.78 is 0. The Morgan fingerprint density at radius 2 is 1.54 bits per heavy atom. The third kappa shape index (κ3) is 4.18. The van der Waals surface area contributed by atoms with Crippen LogP contribution in [0.3, 0.4) is 0 Å². The van der Waals surface area contributed by atoms with E-state index in [1.165, 1.54) is 51.4 Å². The van der Waals surface area contributed by atoms with Gasteiger partial charge in [-0.25, -0.2) is 12.1 Å². The van der Waals surface area contributed by atoms with E-state index in [2.05, 4.69) is 31.7 Å². The van der Waals surface area contributed by atoms with Crippen LogP contribution < -0.4 is 44.3 Å². The zero-order chi connectivity index (χ0) is 14.4. The molecule has 4 heteroatoms. The Kier molecular flexibility index (Phi) is 9.13. The second-order valence-corrected chi connectivity index (χ2v) is 9.94. The molecule has 2 aromatic rings. The molecule has 2 aromatic carbocycles. The molecule has 4 rings (SSSR count). The Morgan fingerprint density at radius 1 is 0.917 bits per heavy atom. The van der Waals surface area contributed by atoms with Gasteiger partial charge < -0.3 is 34.0 Å². The molecule has 0 fully saturated rings. The quantitative estimate of drug-likeness (QED) is 0.248. The van der Waals surface area contributed by atoms with Crippen molar-refractivity contribution in [2.45, 2.75) is 64.8 Å². The molecule has 128 valence electrons. The molecule has 2 aliphatic carbocycles. The molecule has 1 unspecified atom stereocenters. The van der Waals surface area contributed by atoms with Crippen LogP contribution in [0, 0.1) is 6.92 Å². The van der Waals surface area contributed by atoms with Crippen molar-refractivity contribution in [2.24, 2.45) is 0 Å². The largest absolute Gasteiger partial charge is 4.00 e. The maximum atomic E-state index is 2.59. The van der Waals surface area contributed by atoms with Crippen molar-refractivity contribution < 1.29 is 59.8 Å². The monoisotopic (exact) mass is 632 g/mol. The molecule has 0 bridgehead atoms. The van der Waals surface area contributed by atoms with Gasteiger partial charge in [-0.1, -0.05) is 64.8 Å². The van der Waals surface area contributed by atoms with E-state index < -0.39 is 8.80 Å². The first-order valence-electron chi connectivity index (χ1n) is 8.80. The van der Waals surface area contributed by atoms with Crippen LogP contribution in [0.5, 0.6) is 0 Å². The Labute approximate surface area is 188 Å². The van der Waals surface area contributed by atoms with Gasteiger partial charge in [0.15, 0.2) is 0 Å². The first-order valence-corrected chi connectivity index (χ1v) is 11.1. The first kappa shape index (κ1) is 22.8. The third-order valence-electron chi connectivity index (χ3n) is 5.93. The number of hydrogen-bond acceptors (Lipinski definition) is 0. The molecule has 0 aliphatic heterocycles. The number of hydrogen-bond donors (Lipinski definition) is 0. The summed E-state index contributed by atoms with van der Waals surface area (Å²) in [6.45, 7) is 4.94. The van der Waals surface area contributed by atoms with Gasteiger partial charge in [-0.2, -0.15) is 44.3 Å². The van der Waals surface area contributed by atoms with Crippen LogP contribution in [0.1, 0.15) is 53.5 Å². The van der Waals surface area contributed by atoms with Crippen LogP contribution >= 0.6 is 0 Å². The van der Waals surface area contributed by atoms with Crippen molar-refractivity contribution in [3.05, 3.63) is 46.0 Å². The fourth-order valence-electron chi connectivity index (χ4n) is 4.59. The van der Waals surface area contributed by atoms with Crippen molar-refractivity contribution in [1.29, 1.82) is 0 Å². The van der Waals surface area contributed by atoms with E-state index in [9.17, 15) is 0 Å². The number of fused-ring (bicyclic) bond motifs is 2. The van der Waals surface area contributed by atoms with Crippen LogP contribution in [0.25, 0.3) is 0 Å². The van der Waals surface area contributed by atoms with Crippen molar-refractivity contribution in [1.82, 2.24) is 0 Å². The van der Waals surface area contributed by atoms with Crippen molar-refractivity contribution in [2.75, 3.05) is 0 Å². The van der Waals surface area contributed by atoms with Gasteiger partial charge >= 0.3 is 25.8 Å². The third-order valence-corrected chi connectivity index (χ3v) is 8.79. The molecule has 0 aromatic heterocycles. The molecule has 0 radical (unpaired) electrons. The Hall–Kier alpha value is 0.747. The molecule has 0 saturated carbocycles. The molecular formula is C20H26Br2HfSi. The smallest absolute Gasteiger partial charge is 1.00 e. The minimum atomic E-state index is -0.973. The summed E-state index contributed by atoms with van der Waals surface area (Å²) in [7, 11) is -0.973. The van der Waals surface area contributed by atoms with Crippen LogP contribution in [-0.2, 0) is 51.5 Å². The zero-order valence-corrected chi connectivity index (χ0v) is 22.6. The summed E-state index contributed by atoms with van der Waals surface area (Å²) in [5.74, 6) is 0. The van der Waals surface area contributed by atoms with Crippen molar-refractivity contribution in [3.63, 3.8) is 0 Å². The average molecular weight is 633 g/mol. The van der Waals surface area contributed by atoms with Gasteiger partial charge in [0.05, 0.1) is 0 Å². The fourth-order valence-corrected chi connectivity index (χ4v) is 7.13. The SMILES string of the molecule is C[c-]1c([SiH](C)c2cc3c([cH-]2)CCCC3)cc2c1CCCC2.[Br-].[Br-].[Hf+4]. The minimum absolute atomic E-state index is 0. The molecule has 2 aliphatic rings. The van der Waals surface area contributed by atoms with Gasteiger partial charge in [0.2, 0.25) is 0 Å². The topological polar surface area (TPSA) is 0 Å². The van der Waals surface area contributed by atoms with Crippen molar-refractivity contribution in [3.8, 4) is 0 Å². The zero-order valence-electron chi connectivity index (χ0n) is 14.7. The average Bonchev–Trinajstić information content (AvgIpc) is 3.08. The summed E-state index contributed by atoms with van der Waals surface area (Å²) in [5.41, 5.74) is 8.40. The van der Waals surface area contributed by atoms with Gasteiger partial charge in [0.1, 0.15) is 0 Å². The Bertz CT molecular complexity index is 648. The van der Waals surface area contributed by atoms with Crippen LogP contribution in [0.2, 0.25) is 6.55 Å². The second kappa shape index (κ2) is 9.62. The molecule has 0 saturated heterocycles. The van der Waals surface area contributed by atoms with Crippen LogP contribution in [0.15, 0.2) is 18.2 Å². The van der Waals surface area contributed by atoms with E-state index in [1.807, 2.05) is 0 Å². The van der Waals surface area contributed by atoms with Crippen molar-refractivity contribution >= 4 is 19.2 Å². The van der Waals surface area contributed by atoms with E-state index in [4.69, 9.17) is 0 Å². The van der Waals surface area contributed by atoms with Gasteiger partial charge in [0.25, 0.3) is 0 Å². The number of halogens is 2. The van der Waals surface area contributed by atoms with E-state index in [0.717, 1.165) is 0 Å². The Balaban J connectivity index is 0.000000960. The molecule has 0 amide bonds. The second-order valence-electron chi connectivity index (χ2n) is 7.20. The summed E-state index contributed by atoms with van der Waals surface area (Å²) >= 11 is 0. The van der Waals surface area contributed by atoms with Crippen LogP contribution in [-0.4, -0.2) is 8.80 Å². The van der Waals surface area contributed by atoms with Gasteiger partial charge in [0, 0.05) is 8.80 Å². The fraction of sp³-hybridized carbons (Fsp3) is 0.500. The predicted octanol–water partition coefficient (Wildman–Crippen LogP) is -2.83. The Morgan fingerprint density at radius 3 is 2.21 bits per heavy atom. The van der Waals surface area contributed by atoms with E-state index in [-0.39, 0.29) is 59.8 Å². The normalized spacial score (nSPS) is 16.8. The standard InChI is InChI=1S/C20H26Si.2BrH.Hf/c1-14-19-10-6-5-9-17(19)13-20(14)21(2)18-11-15-7-3-4-8-16(15)12-18;;;/h11-13,21H,3-10H2,1-2H3;2*1H;/q-2;;;+4/p-2. The summed E-state index contributed by atoms with van der Waals surface area (Å²) in [6.07, 6.45) is 10.9. The van der Waals surface area contributed by atoms with Gasteiger partial charge in [-0.05, 0) is 0 Å². The molecule has 0 nitrogen and oxygen atoms in total.